The maximum atomic E-state index is 8.24. The number of aliphatic hydroxyl groups is 1. The summed E-state index contributed by atoms with van der Waals surface area (Å²) in [4.78, 5) is 0. The van der Waals surface area contributed by atoms with Gasteiger partial charge in [-0.25, -0.2) is 0 Å². The van der Waals surface area contributed by atoms with Crippen LogP contribution in [0.25, 0.3) is 0 Å². The Kier molecular flexibility index (Phi) is 20.9. The second-order valence-electron chi connectivity index (χ2n) is 0.976. The third-order valence-corrected chi connectivity index (χ3v) is 0.341. The quantitative estimate of drug-likeness (QED) is 0.484. The van der Waals surface area contributed by atoms with E-state index in [2.05, 4.69) is 6.58 Å². The van der Waals surface area contributed by atoms with E-state index in [-0.39, 0.29) is 17.7 Å². The molecule has 0 saturated heterocycles. The van der Waals surface area contributed by atoms with Crippen LogP contribution in [-0.4, -0.2) is 16.7 Å². The second kappa shape index (κ2) is 9.15. The predicted molar refractivity (Wildman–Crippen MR) is 29.8 cm³/mol. The third-order valence-electron chi connectivity index (χ3n) is 0.341. The molecule has 1 atom stereocenters. The molecule has 0 fully saturated rings. The summed E-state index contributed by atoms with van der Waals surface area (Å²) < 4.78 is 0. The van der Waals surface area contributed by atoms with E-state index < -0.39 is 0 Å². The lowest BCUT2D eigenvalue weighted by Gasteiger charge is -1.84. The van der Waals surface area contributed by atoms with Crippen LogP contribution in [-0.2, 0) is 0 Å². The van der Waals surface area contributed by atoms with Crippen molar-refractivity contribution in [1.29, 1.82) is 0 Å². The number of rotatable bonds is 1. The highest BCUT2D eigenvalue weighted by molar-refractivity contribution is 4.72. The van der Waals surface area contributed by atoms with E-state index in [1.54, 1.807) is 6.92 Å². The van der Waals surface area contributed by atoms with Crippen molar-refractivity contribution in [3.05, 3.63) is 12.7 Å². The van der Waals surface area contributed by atoms with Gasteiger partial charge in [0.05, 0.1) is 6.10 Å². The normalized spacial score (nSPS) is 10.0. The fourth-order valence-electron chi connectivity index (χ4n) is 0. The van der Waals surface area contributed by atoms with Crippen molar-refractivity contribution in [3.63, 3.8) is 0 Å². The highest BCUT2D eigenvalue weighted by Gasteiger charge is 1.75. The summed E-state index contributed by atoms with van der Waals surface area (Å²) in [5.74, 6) is 0. The Hall–Kier alpha value is -0.380. The standard InChI is InChI=1S/C4H8O.H3N.H2O/c1-3-4(2)5;;/h3-5H,1H2,2H3;1H3;1H2. The Morgan fingerprint density at radius 3 is 1.86 bits per heavy atom. The lowest BCUT2D eigenvalue weighted by Crippen LogP contribution is -1.88. The first-order valence-electron chi connectivity index (χ1n) is 1.58. The van der Waals surface area contributed by atoms with Gasteiger partial charge in [0.2, 0.25) is 0 Å². The van der Waals surface area contributed by atoms with E-state index in [4.69, 9.17) is 5.11 Å². The summed E-state index contributed by atoms with van der Waals surface area (Å²) in [6.45, 7) is 4.97. The number of hydrogen-bond acceptors (Lipinski definition) is 2. The molecule has 0 spiro atoms. The highest BCUT2D eigenvalue weighted by Crippen LogP contribution is 1.73. The highest BCUT2D eigenvalue weighted by atomic mass is 16.3. The molecule has 0 aliphatic heterocycles. The summed E-state index contributed by atoms with van der Waals surface area (Å²) in [5.41, 5.74) is 0. The lowest BCUT2D eigenvalue weighted by molar-refractivity contribution is 0.244. The molecule has 0 aromatic rings. The molecule has 6 N–H and O–H groups in total. The maximum absolute atomic E-state index is 8.24. The predicted octanol–water partition coefficient (Wildman–Crippen LogP) is 0.753. The van der Waals surface area contributed by atoms with Crippen LogP contribution in [0, 0.1) is 0 Å². The molecule has 7 heavy (non-hydrogen) atoms. The van der Waals surface area contributed by atoms with Gasteiger partial charge in [-0.1, -0.05) is 6.08 Å². The Morgan fingerprint density at radius 1 is 1.71 bits per heavy atom. The molecule has 46 valence electrons. The van der Waals surface area contributed by atoms with Crippen LogP contribution in [0.15, 0.2) is 12.7 Å². The second-order valence-corrected chi connectivity index (χ2v) is 0.976. The molecule has 0 bridgehead atoms. The first-order chi connectivity index (χ1) is 2.27. The van der Waals surface area contributed by atoms with Gasteiger partial charge in [-0.3, -0.25) is 0 Å². The lowest BCUT2D eigenvalue weighted by atomic mass is 10.4. The van der Waals surface area contributed by atoms with Crippen molar-refractivity contribution in [2.24, 2.45) is 0 Å². The molecule has 0 aliphatic carbocycles. The Balaban J connectivity index is -0.0000000800. The minimum atomic E-state index is -0.352. The SMILES string of the molecule is C=CC(C)O.[NH4+].[OH-]. The number of aliphatic hydroxyl groups excluding tert-OH is 1. The number of hydrogen-bond donors (Lipinski definition) is 2. The molecule has 0 aliphatic rings. The van der Waals surface area contributed by atoms with Gasteiger partial charge in [0.1, 0.15) is 0 Å². The van der Waals surface area contributed by atoms with E-state index in [1.165, 1.54) is 6.08 Å². The summed E-state index contributed by atoms with van der Waals surface area (Å²) in [6.07, 6.45) is 1.12. The molecule has 0 radical (unpaired) electrons. The van der Waals surface area contributed by atoms with Gasteiger partial charge in [-0.2, -0.15) is 0 Å². The minimum absolute atomic E-state index is 0. The van der Waals surface area contributed by atoms with Gasteiger partial charge >= 0.3 is 0 Å². The zero-order chi connectivity index (χ0) is 4.28. The fraction of sp³-hybridized carbons (Fsp3) is 0.500. The summed E-state index contributed by atoms with van der Waals surface area (Å²) in [7, 11) is 0. The van der Waals surface area contributed by atoms with Gasteiger partial charge in [0, 0.05) is 0 Å². The zero-order valence-electron chi connectivity index (χ0n) is 4.76. The van der Waals surface area contributed by atoms with Crippen molar-refractivity contribution < 1.29 is 10.6 Å². The van der Waals surface area contributed by atoms with Crippen LogP contribution in [0.3, 0.4) is 0 Å². The molecule has 0 rings (SSSR count). The summed E-state index contributed by atoms with van der Waals surface area (Å²) in [5, 5.41) is 8.24. The molecule has 0 aromatic heterocycles. The van der Waals surface area contributed by atoms with Gasteiger partial charge in [-0.15, -0.1) is 6.58 Å². The monoisotopic (exact) mass is 107 g/mol. The van der Waals surface area contributed by atoms with Gasteiger partial charge in [0.15, 0.2) is 0 Å². The Morgan fingerprint density at radius 2 is 1.86 bits per heavy atom. The van der Waals surface area contributed by atoms with Crippen molar-refractivity contribution in [2.45, 2.75) is 13.0 Å². The molecule has 3 heteroatoms. The Bertz CT molecular complexity index is 36.7. The van der Waals surface area contributed by atoms with Crippen LogP contribution < -0.4 is 6.15 Å². The van der Waals surface area contributed by atoms with Gasteiger partial charge in [-0.05, 0) is 6.92 Å². The van der Waals surface area contributed by atoms with E-state index in [0.717, 1.165) is 0 Å². The average molecular weight is 107 g/mol. The average Bonchev–Trinajstić information content (AvgIpc) is 1.38. The van der Waals surface area contributed by atoms with Crippen molar-refractivity contribution >= 4 is 0 Å². The first-order valence-corrected chi connectivity index (χ1v) is 1.58. The molecular formula is C4H13NO2. The zero-order valence-corrected chi connectivity index (χ0v) is 4.76. The largest absolute Gasteiger partial charge is 0.870 e. The van der Waals surface area contributed by atoms with Crippen LogP contribution in [0.5, 0.6) is 0 Å². The van der Waals surface area contributed by atoms with E-state index in [1.807, 2.05) is 0 Å². The first kappa shape index (κ1) is 16.0. The van der Waals surface area contributed by atoms with Crippen molar-refractivity contribution in [2.75, 3.05) is 0 Å². The molecule has 0 saturated carbocycles. The smallest absolute Gasteiger partial charge is 0.0690 e. The number of quaternary nitrogens is 1. The Labute approximate surface area is 43.6 Å². The topological polar surface area (TPSA) is 86.7 Å². The van der Waals surface area contributed by atoms with Crippen LogP contribution in [0.4, 0.5) is 0 Å². The van der Waals surface area contributed by atoms with Crippen LogP contribution in [0.1, 0.15) is 6.92 Å². The third kappa shape index (κ3) is 28.1. The van der Waals surface area contributed by atoms with Crippen molar-refractivity contribution in [1.82, 2.24) is 6.15 Å². The fourth-order valence-corrected chi connectivity index (χ4v) is 0. The van der Waals surface area contributed by atoms with Crippen molar-refractivity contribution in [3.8, 4) is 0 Å². The minimum Gasteiger partial charge on any atom is -0.870 e. The van der Waals surface area contributed by atoms with E-state index in [0.29, 0.717) is 0 Å². The summed E-state index contributed by atoms with van der Waals surface area (Å²) >= 11 is 0. The van der Waals surface area contributed by atoms with E-state index in [9.17, 15) is 0 Å². The molecule has 1 unspecified atom stereocenters. The molecule has 0 heterocycles. The van der Waals surface area contributed by atoms with E-state index >= 15 is 0 Å². The molecular weight excluding hydrogens is 94.0 g/mol. The maximum Gasteiger partial charge on any atom is 0.0690 e. The molecule has 3 nitrogen and oxygen atoms in total. The van der Waals surface area contributed by atoms with Crippen LogP contribution >= 0.6 is 0 Å². The molecule has 0 aromatic carbocycles. The molecule has 0 amide bonds. The van der Waals surface area contributed by atoms with Gasteiger partial charge < -0.3 is 16.7 Å². The van der Waals surface area contributed by atoms with Crippen LogP contribution in [0.2, 0.25) is 0 Å². The van der Waals surface area contributed by atoms with Gasteiger partial charge in [0.25, 0.3) is 0 Å². The summed E-state index contributed by atoms with van der Waals surface area (Å²) in [6, 6.07) is 0.